The van der Waals surface area contributed by atoms with E-state index in [1.54, 1.807) is 4.90 Å². The molecule has 2 aromatic carbocycles. The number of nitrogens with two attached hydrogens (primary N) is 1. The molecule has 0 saturated carbocycles. The van der Waals surface area contributed by atoms with Crippen LogP contribution < -0.4 is 10.6 Å². The van der Waals surface area contributed by atoms with Gasteiger partial charge in [-0.2, -0.15) is 0 Å². The zero-order valence-electron chi connectivity index (χ0n) is 17.4. The van der Waals surface area contributed by atoms with E-state index in [1.165, 1.54) is 29.2 Å². The van der Waals surface area contributed by atoms with Crippen LogP contribution in [-0.2, 0) is 6.54 Å². The maximum absolute atomic E-state index is 14.7. The number of halogens is 3. The van der Waals surface area contributed by atoms with Crippen molar-refractivity contribution >= 4 is 29.1 Å². The molecule has 32 heavy (non-hydrogen) atoms. The van der Waals surface area contributed by atoms with E-state index in [9.17, 15) is 18.4 Å². The number of Topliss-reactive ketones (excluding diaryl/α,β-unsaturated/α-hetero) is 1. The predicted molar refractivity (Wildman–Crippen MR) is 118 cm³/mol. The Morgan fingerprint density at radius 2 is 1.78 bits per heavy atom. The fraction of sp³-hybridized carbons (Fsp3) is 0.364. The Balaban J connectivity index is 1.87. The maximum Gasteiger partial charge on any atom is 0.324 e. The first-order valence-corrected chi connectivity index (χ1v) is 10.6. The number of carbonyl (C=O) groups excluding carboxylic acids is 2. The van der Waals surface area contributed by atoms with Gasteiger partial charge in [0.05, 0.1) is 24.7 Å². The van der Waals surface area contributed by atoms with Gasteiger partial charge < -0.3 is 15.7 Å². The van der Waals surface area contributed by atoms with Gasteiger partial charge in [0, 0.05) is 49.5 Å². The summed E-state index contributed by atoms with van der Waals surface area (Å²) in [5.74, 6) is -1.67. The van der Waals surface area contributed by atoms with E-state index in [0.717, 1.165) is 12.1 Å². The molecular formula is C22H25ClF2N4O3. The molecule has 0 spiro atoms. The number of benzene rings is 2. The highest BCUT2D eigenvalue weighted by Crippen LogP contribution is 2.26. The van der Waals surface area contributed by atoms with Crippen LogP contribution in [-0.4, -0.2) is 72.6 Å². The van der Waals surface area contributed by atoms with E-state index in [0.29, 0.717) is 38.4 Å². The van der Waals surface area contributed by atoms with Gasteiger partial charge in [-0.15, -0.1) is 0 Å². The fourth-order valence-electron chi connectivity index (χ4n) is 3.53. The van der Waals surface area contributed by atoms with Crippen molar-refractivity contribution in [3.05, 3.63) is 64.2 Å². The summed E-state index contributed by atoms with van der Waals surface area (Å²) in [6.07, 6.45) is 0. The van der Waals surface area contributed by atoms with Gasteiger partial charge in [-0.3, -0.25) is 14.6 Å². The largest absolute Gasteiger partial charge is 0.395 e. The SMILES string of the molecule is NCC(=O)c1ccc(CN(C(=O)N2CCN(CCO)CC2)c2ccc(F)c(Cl)c2)c(F)c1. The van der Waals surface area contributed by atoms with Crippen LogP contribution in [0.4, 0.5) is 19.3 Å². The fourth-order valence-corrected chi connectivity index (χ4v) is 3.71. The van der Waals surface area contributed by atoms with Crippen LogP contribution in [0.5, 0.6) is 0 Å². The molecule has 10 heteroatoms. The molecule has 7 nitrogen and oxygen atoms in total. The number of rotatable bonds is 7. The van der Waals surface area contributed by atoms with Gasteiger partial charge in [0.1, 0.15) is 11.6 Å². The highest BCUT2D eigenvalue weighted by molar-refractivity contribution is 6.31. The molecule has 0 radical (unpaired) electrons. The molecule has 1 saturated heterocycles. The Hall–Kier alpha value is -2.59. The minimum Gasteiger partial charge on any atom is -0.395 e. The summed E-state index contributed by atoms with van der Waals surface area (Å²) in [5, 5.41) is 8.95. The number of aliphatic hydroxyl groups is 1. The van der Waals surface area contributed by atoms with Gasteiger partial charge in [-0.05, 0) is 24.3 Å². The summed E-state index contributed by atoms with van der Waals surface area (Å²) in [4.78, 5) is 30.1. The van der Waals surface area contributed by atoms with Crippen LogP contribution in [0.1, 0.15) is 15.9 Å². The molecule has 3 N–H and O–H groups in total. The number of ketones is 1. The number of piperazine rings is 1. The number of anilines is 1. The van der Waals surface area contributed by atoms with Gasteiger partial charge in [-0.25, -0.2) is 13.6 Å². The number of aliphatic hydroxyl groups excluding tert-OH is 1. The van der Waals surface area contributed by atoms with Gasteiger partial charge in [0.2, 0.25) is 0 Å². The van der Waals surface area contributed by atoms with Crippen LogP contribution in [0, 0.1) is 11.6 Å². The normalized spacial score (nSPS) is 14.5. The molecule has 0 atom stereocenters. The molecule has 0 unspecified atom stereocenters. The quantitative estimate of drug-likeness (QED) is 0.612. The molecule has 2 amide bonds. The lowest BCUT2D eigenvalue weighted by Gasteiger charge is -2.37. The second-order valence-corrected chi connectivity index (χ2v) is 7.86. The van der Waals surface area contributed by atoms with Crippen LogP contribution in [0.15, 0.2) is 36.4 Å². The molecule has 1 aliphatic heterocycles. The molecule has 1 heterocycles. The summed E-state index contributed by atoms with van der Waals surface area (Å²) in [6.45, 7) is 2.23. The summed E-state index contributed by atoms with van der Waals surface area (Å²) < 4.78 is 28.5. The molecule has 2 aromatic rings. The maximum atomic E-state index is 14.7. The Labute approximate surface area is 190 Å². The minimum absolute atomic E-state index is 0.0378. The van der Waals surface area contributed by atoms with Crippen LogP contribution in [0.3, 0.4) is 0 Å². The van der Waals surface area contributed by atoms with Gasteiger partial charge in [0.15, 0.2) is 5.78 Å². The number of carbonyl (C=O) groups is 2. The third kappa shape index (κ3) is 5.60. The van der Waals surface area contributed by atoms with Gasteiger partial charge in [0.25, 0.3) is 0 Å². The van der Waals surface area contributed by atoms with Crippen molar-refractivity contribution in [2.75, 3.05) is 50.8 Å². The Kier molecular flexibility index (Phi) is 8.14. The average molecular weight is 467 g/mol. The first-order valence-electron chi connectivity index (χ1n) is 10.2. The number of β-amino-alcohol motifs (C(OH)–C–C–N with tert-alkyl or cyclic N) is 1. The summed E-state index contributed by atoms with van der Waals surface area (Å²) in [7, 11) is 0. The number of hydrogen-bond donors (Lipinski definition) is 2. The zero-order chi connectivity index (χ0) is 23.3. The summed E-state index contributed by atoms with van der Waals surface area (Å²) >= 11 is 5.93. The Morgan fingerprint density at radius 1 is 1.06 bits per heavy atom. The highest BCUT2D eigenvalue weighted by atomic mass is 35.5. The van der Waals surface area contributed by atoms with Crippen molar-refractivity contribution in [1.29, 1.82) is 0 Å². The predicted octanol–water partition coefficient (Wildman–Crippen LogP) is 2.50. The zero-order valence-corrected chi connectivity index (χ0v) is 18.2. The van der Waals surface area contributed by atoms with Crippen LogP contribution in [0.2, 0.25) is 5.02 Å². The monoisotopic (exact) mass is 466 g/mol. The summed E-state index contributed by atoms with van der Waals surface area (Å²) in [5.41, 5.74) is 5.99. The van der Waals surface area contributed by atoms with Gasteiger partial charge in [-0.1, -0.05) is 23.7 Å². The Bertz CT molecular complexity index is 984. The number of nitrogens with zero attached hydrogens (tertiary/aromatic N) is 3. The topological polar surface area (TPSA) is 90.1 Å². The van der Waals surface area contributed by atoms with E-state index in [-0.39, 0.29) is 41.9 Å². The van der Waals surface area contributed by atoms with E-state index in [4.69, 9.17) is 22.4 Å². The molecule has 3 rings (SSSR count). The van der Waals surface area contributed by atoms with Crippen molar-refractivity contribution in [2.45, 2.75) is 6.54 Å². The average Bonchev–Trinajstić information content (AvgIpc) is 2.80. The van der Waals surface area contributed by atoms with E-state index in [1.807, 2.05) is 4.90 Å². The number of urea groups is 1. The molecular weight excluding hydrogens is 442 g/mol. The Morgan fingerprint density at radius 3 is 2.38 bits per heavy atom. The van der Waals surface area contributed by atoms with E-state index < -0.39 is 17.4 Å². The highest BCUT2D eigenvalue weighted by Gasteiger charge is 2.27. The van der Waals surface area contributed by atoms with Gasteiger partial charge >= 0.3 is 6.03 Å². The van der Waals surface area contributed by atoms with Crippen molar-refractivity contribution in [1.82, 2.24) is 9.80 Å². The molecule has 172 valence electrons. The molecule has 0 aromatic heterocycles. The van der Waals surface area contributed by atoms with Crippen LogP contribution in [0.25, 0.3) is 0 Å². The number of hydrogen-bond acceptors (Lipinski definition) is 5. The lowest BCUT2D eigenvalue weighted by Crippen LogP contribution is -2.53. The summed E-state index contributed by atoms with van der Waals surface area (Å²) in [6, 6.07) is 7.49. The lowest BCUT2D eigenvalue weighted by atomic mass is 10.1. The van der Waals surface area contributed by atoms with E-state index in [2.05, 4.69) is 0 Å². The molecule has 1 fully saturated rings. The van der Waals surface area contributed by atoms with Crippen LogP contribution >= 0.6 is 11.6 Å². The molecule has 0 aliphatic carbocycles. The van der Waals surface area contributed by atoms with E-state index >= 15 is 0 Å². The first kappa shape index (κ1) is 24.1. The molecule has 1 aliphatic rings. The standard InChI is InChI=1S/C22H25ClF2N4O3/c23-18-12-17(3-4-19(18)24)29(22(32)28-7-5-27(6-8-28)9-10-30)14-16-2-1-15(11-20(16)25)21(31)13-26/h1-4,11-12,30H,5-10,13-14,26H2. The molecule has 0 bridgehead atoms. The van der Waals surface area contributed by atoms with Crippen molar-refractivity contribution in [3.63, 3.8) is 0 Å². The van der Waals surface area contributed by atoms with Crippen molar-refractivity contribution in [2.24, 2.45) is 5.73 Å². The van der Waals surface area contributed by atoms with Crippen molar-refractivity contribution < 1.29 is 23.5 Å². The van der Waals surface area contributed by atoms with Crippen molar-refractivity contribution in [3.8, 4) is 0 Å². The number of amides is 2. The lowest BCUT2D eigenvalue weighted by molar-refractivity contribution is 0.100. The third-order valence-corrected chi connectivity index (χ3v) is 5.68. The second-order valence-electron chi connectivity index (χ2n) is 7.45. The third-order valence-electron chi connectivity index (χ3n) is 5.39. The minimum atomic E-state index is -0.650. The second kappa shape index (κ2) is 10.8. The first-order chi connectivity index (χ1) is 15.3. The smallest absolute Gasteiger partial charge is 0.324 e.